The minimum absolute atomic E-state index is 0.102. The average molecular weight is 1300 g/mol. The van der Waals surface area contributed by atoms with Gasteiger partial charge in [-0.3, -0.25) is 37.3 Å². The predicted octanol–water partition coefficient (Wildman–Crippen LogP) is 19.3. The lowest BCUT2D eigenvalue weighted by molar-refractivity contribution is -0.161. The Morgan fingerprint density at radius 3 is 0.807 bits per heavy atom. The van der Waals surface area contributed by atoms with Crippen LogP contribution >= 0.6 is 15.6 Å². The summed E-state index contributed by atoms with van der Waals surface area (Å²) in [5.41, 5.74) is 0. The summed E-state index contributed by atoms with van der Waals surface area (Å²) in [5, 5.41) is 10.6. The Hall–Kier alpha value is -1.94. The normalized spacial score (nSPS) is 14.9. The van der Waals surface area contributed by atoms with Crippen molar-refractivity contribution in [3.63, 3.8) is 0 Å². The Labute approximate surface area is 537 Å². The van der Waals surface area contributed by atoms with Gasteiger partial charge in [-0.25, -0.2) is 9.13 Å². The lowest BCUT2D eigenvalue weighted by atomic mass is 9.99. The molecule has 3 N–H and O–H groups in total. The summed E-state index contributed by atoms with van der Waals surface area (Å²) in [4.78, 5) is 72.4. The topological polar surface area (TPSA) is 237 Å². The molecule has 0 bridgehead atoms. The molecule has 0 aliphatic heterocycles. The summed E-state index contributed by atoms with van der Waals surface area (Å²) in [7, 11) is -9.90. The second kappa shape index (κ2) is 58.8. The molecule has 0 aliphatic carbocycles. The minimum atomic E-state index is -4.95. The number of phosphoric ester groups is 2. The van der Waals surface area contributed by atoms with Crippen LogP contribution in [-0.4, -0.2) is 96.7 Å². The van der Waals surface area contributed by atoms with E-state index in [-0.39, 0.29) is 25.7 Å². The molecular weight excluding hydrogens is 1160 g/mol. The van der Waals surface area contributed by atoms with E-state index < -0.39 is 97.5 Å². The van der Waals surface area contributed by atoms with Crippen LogP contribution in [0, 0.1) is 23.7 Å². The van der Waals surface area contributed by atoms with E-state index in [9.17, 15) is 43.2 Å². The molecule has 0 spiro atoms. The van der Waals surface area contributed by atoms with E-state index in [4.69, 9.17) is 37.0 Å². The third-order valence-corrected chi connectivity index (χ3v) is 18.4. The fourth-order valence-corrected chi connectivity index (χ4v) is 11.8. The van der Waals surface area contributed by atoms with Crippen molar-refractivity contribution in [1.29, 1.82) is 0 Å². The molecule has 0 aliphatic rings. The fourth-order valence-electron chi connectivity index (χ4n) is 10.2. The molecule has 0 amide bonds. The highest BCUT2D eigenvalue weighted by molar-refractivity contribution is 7.47. The molecule has 0 radical (unpaired) electrons. The van der Waals surface area contributed by atoms with Crippen LogP contribution in [0.5, 0.6) is 0 Å². The van der Waals surface area contributed by atoms with Crippen molar-refractivity contribution in [3.8, 4) is 0 Å². The van der Waals surface area contributed by atoms with Crippen molar-refractivity contribution in [1.82, 2.24) is 0 Å². The first-order valence-electron chi connectivity index (χ1n) is 35.8. The van der Waals surface area contributed by atoms with E-state index in [1.165, 1.54) is 135 Å². The molecular formula is C69H134O17P2. The van der Waals surface area contributed by atoms with Gasteiger partial charge in [0.2, 0.25) is 0 Å². The van der Waals surface area contributed by atoms with Crippen molar-refractivity contribution < 1.29 is 80.2 Å². The van der Waals surface area contributed by atoms with Crippen molar-refractivity contribution in [3.05, 3.63) is 0 Å². The van der Waals surface area contributed by atoms with Gasteiger partial charge in [0.1, 0.15) is 19.3 Å². The maximum Gasteiger partial charge on any atom is 0.472 e. The third kappa shape index (κ3) is 60.3. The lowest BCUT2D eigenvalue weighted by Crippen LogP contribution is -2.30. The molecule has 19 heteroatoms. The number of rotatable bonds is 66. The number of aliphatic hydroxyl groups excluding tert-OH is 1. The molecule has 0 heterocycles. The summed E-state index contributed by atoms with van der Waals surface area (Å²) < 4.78 is 68.2. The van der Waals surface area contributed by atoms with Gasteiger partial charge in [0.15, 0.2) is 12.2 Å². The zero-order valence-corrected chi connectivity index (χ0v) is 59.1. The van der Waals surface area contributed by atoms with Crippen molar-refractivity contribution in [2.24, 2.45) is 23.7 Å². The number of hydrogen-bond acceptors (Lipinski definition) is 15. The minimum Gasteiger partial charge on any atom is -0.462 e. The number of ether oxygens (including phenoxy) is 4. The van der Waals surface area contributed by atoms with E-state index in [0.717, 1.165) is 114 Å². The molecule has 0 aromatic rings. The van der Waals surface area contributed by atoms with E-state index in [2.05, 4.69) is 55.4 Å². The molecule has 522 valence electrons. The number of aliphatic hydroxyl groups is 1. The maximum atomic E-state index is 13.0. The SMILES string of the molecule is CCC(C)CCCCCCCCCCCCC(=O)O[C@H](COC(=O)CCCCCCCCC(C)C)COP(=O)(O)OC[C@H](O)COP(=O)(O)OC[C@@H](COC(=O)CCCCCCCCCCCCCCC(C)C)OC(=O)CCCCCCCCC(C)CC. The van der Waals surface area contributed by atoms with E-state index in [0.29, 0.717) is 31.6 Å². The molecule has 0 rings (SSSR count). The summed E-state index contributed by atoms with van der Waals surface area (Å²) in [6.07, 6.45) is 40.4. The third-order valence-electron chi connectivity index (χ3n) is 16.5. The zero-order chi connectivity index (χ0) is 65.4. The average Bonchev–Trinajstić information content (AvgIpc) is 3.64. The molecule has 0 fully saturated rings. The van der Waals surface area contributed by atoms with Crippen LogP contribution in [0.3, 0.4) is 0 Å². The van der Waals surface area contributed by atoms with Crippen molar-refractivity contribution >= 4 is 39.5 Å². The monoisotopic (exact) mass is 1300 g/mol. The van der Waals surface area contributed by atoms with Crippen LogP contribution < -0.4 is 0 Å². The van der Waals surface area contributed by atoms with Gasteiger partial charge in [0, 0.05) is 25.7 Å². The first-order chi connectivity index (χ1) is 42.2. The molecule has 17 nitrogen and oxygen atoms in total. The second-order valence-electron chi connectivity index (χ2n) is 26.4. The van der Waals surface area contributed by atoms with Gasteiger partial charge in [-0.05, 0) is 49.4 Å². The number of phosphoric acid groups is 2. The van der Waals surface area contributed by atoms with Crippen molar-refractivity contribution in [2.75, 3.05) is 39.6 Å². The highest BCUT2D eigenvalue weighted by Crippen LogP contribution is 2.45. The molecule has 0 aromatic heterocycles. The summed E-state index contributed by atoms with van der Waals surface area (Å²) >= 11 is 0. The molecule has 0 saturated carbocycles. The van der Waals surface area contributed by atoms with Gasteiger partial charge < -0.3 is 33.8 Å². The lowest BCUT2D eigenvalue weighted by Gasteiger charge is -2.21. The largest absolute Gasteiger partial charge is 0.472 e. The Balaban J connectivity index is 5.23. The quantitative estimate of drug-likeness (QED) is 0.0222. The van der Waals surface area contributed by atoms with Crippen LogP contribution in [0.15, 0.2) is 0 Å². The Morgan fingerprint density at radius 1 is 0.318 bits per heavy atom. The van der Waals surface area contributed by atoms with Crippen LogP contribution in [0.25, 0.3) is 0 Å². The van der Waals surface area contributed by atoms with Gasteiger partial charge in [-0.1, -0.05) is 287 Å². The number of carbonyl (C=O) groups is 4. The Kier molecular flexibility index (Phi) is 57.6. The maximum absolute atomic E-state index is 13.0. The van der Waals surface area contributed by atoms with Gasteiger partial charge in [-0.2, -0.15) is 0 Å². The highest BCUT2D eigenvalue weighted by atomic mass is 31.2. The van der Waals surface area contributed by atoms with Gasteiger partial charge >= 0.3 is 39.5 Å². The number of unbranched alkanes of at least 4 members (excludes halogenated alkanes) is 30. The highest BCUT2D eigenvalue weighted by Gasteiger charge is 2.30. The van der Waals surface area contributed by atoms with Gasteiger partial charge in [-0.15, -0.1) is 0 Å². The van der Waals surface area contributed by atoms with Crippen LogP contribution in [0.1, 0.15) is 338 Å². The number of carbonyl (C=O) groups excluding carboxylic acids is 4. The predicted molar refractivity (Wildman–Crippen MR) is 354 cm³/mol. The Bertz CT molecular complexity index is 1750. The van der Waals surface area contributed by atoms with Crippen LogP contribution in [0.2, 0.25) is 0 Å². The first-order valence-corrected chi connectivity index (χ1v) is 38.8. The molecule has 0 saturated heterocycles. The second-order valence-corrected chi connectivity index (χ2v) is 29.3. The fraction of sp³-hybridized carbons (Fsp3) is 0.942. The first kappa shape index (κ1) is 86.1. The van der Waals surface area contributed by atoms with E-state index in [1.54, 1.807) is 0 Å². The smallest absolute Gasteiger partial charge is 0.462 e. The zero-order valence-electron chi connectivity index (χ0n) is 57.3. The number of esters is 4. The molecule has 88 heavy (non-hydrogen) atoms. The summed E-state index contributed by atoms with van der Waals surface area (Å²) in [6, 6.07) is 0. The van der Waals surface area contributed by atoms with Gasteiger partial charge in [0.25, 0.3) is 0 Å². The Morgan fingerprint density at radius 2 is 0.545 bits per heavy atom. The van der Waals surface area contributed by atoms with Crippen LogP contribution in [-0.2, 0) is 65.4 Å². The molecule has 7 atom stereocenters. The van der Waals surface area contributed by atoms with Gasteiger partial charge in [0.05, 0.1) is 26.4 Å². The molecule has 4 unspecified atom stereocenters. The summed E-state index contributed by atoms with van der Waals surface area (Å²) in [5.74, 6) is 0.849. The van der Waals surface area contributed by atoms with E-state index >= 15 is 0 Å². The van der Waals surface area contributed by atoms with E-state index in [1.807, 2.05) is 0 Å². The summed E-state index contributed by atoms with van der Waals surface area (Å²) in [6.45, 7) is 14.0. The van der Waals surface area contributed by atoms with Crippen LogP contribution in [0.4, 0.5) is 0 Å². The standard InChI is InChI=1S/C69H134O17P2/c1-9-61(7)47-39-31-22-18-15-16-20-24-35-43-51-68(73)85-64(56-80-67(72)50-42-34-27-25-30-38-46-60(5)6)57-83-87(75,76)81-53-63(70)54-82-88(77,78)84-58-65(86-69(74)52-44-36-28-26-32-40-48-62(8)10-2)55-79-66(71)49-41-33-23-19-14-12-11-13-17-21-29-37-45-59(3)4/h59-65,70H,9-58H2,1-8H3,(H,75,76)(H,77,78)/t61?,62?,63-,64+,65+/m0/s1. The van der Waals surface area contributed by atoms with Crippen molar-refractivity contribution in [2.45, 2.75) is 356 Å². The molecule has 0 aromatic carbocycles. The number of hydrogen-bond donors (Lipinski definition) is 3.